The van der Waals surface area contributed by atoms with Gasteiger partial charge in [0.2, 0.25) is 0 Å². The van der Waals surface area contributed by atoms with Crippen molar-refractivity contribution in [3.63, 3.8) is 0 Å². The molecule has 0 radical (unpaired) electrons. The maximum Gasteiger partial charge on any atom is 0.396 e. The molecule has 0 spiro atoms. The Balaban J connectivity index is 1.99. The number of halogens is 3. The summed E-state index contributed by atoms with van der Waals surface area (Å²) in [5.74, 6) is -0.434. The standard InChI is InChI=1S/C16H27F3N2O/c1-11(8-14(2,3)4)20-13(22)21-9-12-6-5-7-15(12,10-21)16(17,18)19/h11-12H,5-10H2,1-4H3,(H,20,22)/t11?,12-,15-/m0/s1. The van der Waals surface area contributed by atoms with Gasteiger partial charge in [0.1, 0.15) is 0 Å². The third-order valence-electron chi connectivity index (χ3n) is 5.01. The normalized spacial score (nSPS) is 30.3. The number of carbonyl (C=O) groups is 1. The van der Waals surface area contributed by atoms with Crippen molar-refractivity contribution in [1.82, 2.24) is 10.2 Å². The van der Waals surface area contributed by atoms with Crippen molar-refractivity contribution in [2.24, 2.45) is 16.7 Å². The highest BCUT2D eigenvalue weighted by Gasteiger charge is 2.65. The molecule has 1 saturated heterocycles. The van der Waals surface area contributed by atoms with Crippen molar-refractivity contribution in [3.05, 3.63) is 0 Å². The largest absolute Gasteiger partial charge is 0.396 e. The van der Waals surface area contributed by atoms with Crippen LogP contribution in [0.1, 0.15) is 53.4 Å². The quantitative estimate of drug-likeness (QED) is 0.813. The van der Waals surface area contributed by atoms with E-state index < -0.39 is 17.5 Å². The smallest absolute Gasteiger partial charge is 0.336 e. The molecule has 1 saturated carbocycles. The molecule has 3 nitrogen and oxygen atoms in total. The van der Waals surface area contributed by atoms with Gasteiger partial charge in [0.15, 0.2) is 0 Å². The summed E-state index contributed by atoms with van der Waals surface area (Å²) in [5, 5.41) is 2.86. The van der Waals surface area contributed by atoms with Crippen LogP contribution in [0.15, 0.2) is 0 Å². The molecule has 0 bridgehead atoms. The van der Waals surface area contributed by atoms with Crippen molar-refractivity contribution >= 4 is 6.03 Å². The lowest BCUT2D eigenvalue weighted by molar-refractivity contribution is -0.226. The first kappa shape index (κ1) is 17.4. The second kappa shape index (κ2) is 5.60. The van der Waals surface area contributed by atoms with E-state index in [9.17, 15) is 18.0 Å². The molecule has 2 amide bonds. The van der Waals surface area contributed by atoms with E-state index in [2.05, 4.69) is 26.1 Å². The van der Waals surface area contributed by atoms with E-state index in [1.807, 2.05) is 6.92 Å². The Morgan fingerprint density at radius 2 is 2.00 bits per heavy atom. The Morgan fingerprint density at radius 1 is 1.36 bits per heavy atom. The van der Waals surface area contributed by atoms with Gasteiger partial charge in [-0.25, -0.2) is 4.79 Å². The summed E-state index contributed by atoms with van der Waals surface area (Å²) >= 11 is 0. The summed E-state index contributed by atoms with van der Waals surface area (Å²) in [5.41, 5.74) is -1.60. The lowest BCUT2D eigenvalue weighted by Gasteiger charge is -2.31. The van der Waals surface area contributed by atoms with E-state index in [1.54, 1.807) is 0 Å². The number of hydrogen-bond donors (Lipinski definition) is 1. The summed E-state index contributed by atoms with van der Waals surface area (Å²) in [6.07, 6.45) is -2.09. The molecule has 6 heteroatoms. The molecular weight excluding hydrogens is 293 g/mol. The highest BCUT2D eigenvalue weighted by molar-refractivity contribution is 5.75. The van der Waals surface area contributed by atoms with E-state index in [0.29, 0.717) is 12.8 Å². The molecule has 128 valence electrons. The summed E-state index contributed by atoms with van der Waals surface area (Å²) < 4.78 is 40.4. The van der Waals surface area contributed by atoms with E-state index in [1.165, 1.54) is 4.90 Å². The lowest BCUT2D eigenvalue weighted by Crippen LogP contribution is -2.46. The molecule has 3 atom stereocenters. The van der Waals surface area contributed by atoms with E-state index >= 15 is 0 Å². The minimum atomic E-state index is -4.22. The minimum absolute atomic E-state index is 0.0465. The zero-order valence-electron chi connectivity index (χ0n) is 13.9. The number of nitrogens with zero attached hydrogens (tertiary/aromatic N) is 1. The molecular formula is C16H27F3N2O. The van der Waals surface area contributed by atoms with Crippen LogP contribution in [-0.2, 0) is 0 Å². The van der Waals surface area contributed by atoms with Gasteiger partial charge in [-0.15, -0.1) is 0 Å². The molecule has 2 rings (SSSR count). The van der Waals surface area contributed by atoms with Crippen LogP contribution in [0, 0.1) is 16.7 Å². The SMILES string of the molecule is CC(CC(C)(C)C)NC(=O)N1C[C@@H]2CCC[C@]2(C(F)(F)F)C1. The van der Waals surface area contributed by atoms with Crippen LogP contribution in [0.5, 0.6) is 0 Å². The molecule has 1 heterocycles. The van der Waals surface area contributed by atoms with Crippen LogP contribution < -0.4 is 5.32 Å². The molecule has 2 aliphatic rings. The van der Waals surface area contributed by atoms with Gasteiger partial charge in [0.25, 0.3) is 0 Å². The predicted octanol–water partition coefficient (Wildman–Crippen LogP) is 4.19. The highest BCUT2D eigenvalue weighted by Crippen LogP contribution is 2.57. The Bertz CT molecular complexity index is 430. The summed E-state index contributed by atoms with van der Waals surface area (Å²) in [6.45, 7) is 8.18. The molecule has 2 fully saturated rings. The fourth-order valence-corrected chi connectivity index (χ4v) is 4.18. The maximum atomic E-state index is 13.5. The fraction of sp³-hybridized carbons (Fsp3) is 0.938. The number of alkyl halides is 3. The lowest BCUT2D eigenvalue weighted by atomic mass is 9.80. The zero-order valence-corrected chi connectivity index (χ0v) is 13.9. The Hall–Kier alpha value is -0.940. The summed E-state index contributed by atoms with van der Waals surface area (Å²) in [7, 11) is 0. The van der Waals surface area contributed by atoms with Crippen molar-refractivity contribution in [2.75, 3.05) is 13.1 Å². The van der Waals surface area contributed by atoms with Crippen LogP contribution in [0.4, 0.5) is 18.0 Å². The fourth-order valence-electron chi connectivity index (χ4n) is 4.18. The number of amides is 2. The summed E-state index contributed by atoms with van der Waals surface area (Å²) in [4.78, 5) is 13.7. The van der Waals surface area contributed by atoms with Crippen LogP contribution in [0.3, 0.4) is 0 Å². The number of nitrogens with one attached hydrogen (secondary N) is 1. The minimum Gasteiger partial charge on any atom is -0.336 e. The molecule has 1 aliphatic carbocycles. The number of fused-ring (bicyclic) bond motifs is 1. The van der Waals surface area contributed by atoms with Gasteiger partial charge < -0.3 is 10.2 Å². The average Bonchev–Trinajstić information content (AvgIpc) is 2.80. The second-order valence-corrected chi connectivity index (χ2v) is 8.24. The van der Waals surface area contributed by atoms with Crippen LogP contribution >= 0.6 is 0 Å². The Labute approximate surface area is 130 Å². The van der Waals surface area contributed by atoms with Crippen LogP contribution in [0.2, 0.25) is 0 Å². The number of carbonyl (C=O) groups excluding carboxylic acids is 1. The monoisotopic (exact) mass is 320 g/mol. The van der Waals surface area contributed by atoms with Gasteiger partial charge in [-0.1, -0.05) is 27.2 Å². The van der Waals surface area contributed by atoms with Gasteiger partial charge >= 0.3 is 12.2 Å². The van der Waals surface area contributed by atoms with Crippen molar-refractivity contribution in [2.45, 2.75) is 65.6 Å². The second-order valence-electron chi connectivity index (χ2n) is 8.24. The number of urea groups is 1. The van der Waals surface area contributed by atoms with E-state index in [4.69, 9.17) is 0 Å². The van der Waals surface area contributed by atoms with Crippen molar-refractivity contribution in [1.29, 1.82) is 0 Å². The first-order chi connectivity index (χ1) is 9.95. The molecule has 1 unspecified atom stereocenters. The molecule has 0 aromatic carbocycles. The average molecular weight is 320 g/mol. The topological polar surface area (TPSA) is 32.3 Å². The van der Waals surface area contributed by atoms with E-state index in [0.717, 1.165) is 6.42 Å². The van der Waals surface area contributed by atoms with E-state index in [-0.39, 0.29) is 37.0 Å². The molecule has 0 aromatic rings. The van der Waals surface area contributed by atoms with Gasteiger partial charge in [-0.2, -0.15) is 13.2 Å². The highest BCUT2D eigenvalue weighted by atomic mass is 19.4. The first-order valence-electron chi connectivity index (χ1n) is 8.07. The van der Waals surface area contributed by atoms with Gasteiger partial charge in [0, 0.05) is 19.1 Å². The number of rotatable bonds is 2. The van der Waals surface area contributed by atoms with Crippen LogP contribution in [-0.4, -0.2) is 36.2 Å². The van der Waals surface area contributed by atoms with Crippen molar-refractivity contribution < 1.29 is 18.0 Å². The third-order valence-corrected chi connectivity index (χ3v) is 5.01. The number of likely N-dealkylation sites (tertiary alicyclic amines) is 1. The molecule has 22 heavy (non-hydrogen) atoms. The zero-order chi connectivity index (χ0) is 16.8. The maximum absolute atomic E-state index is 13.5. The third kappa shape index (κ3) is 3.35. The Kier molecular flexibility index (Phi) is 4.44. The molecule has 1 aliphatic heterocycles. The predicted molar refractivity (Wildman–Crippen MR) is 79.5 cm³/mol. The molecule has 0 aromatic heterocycles. The van der Waals surface area contributed by atoms with Gasteiger partial charge in [-0.3, -0.25) is 0 Å². The summed E-state index contributed by atoms with van der Waals surface area (Å²) in [6, 6.07) is -0.399. The number of hydrogen-bond acceptors (Lipinski definition) is 1. The molecule has 1 N–H and O–H groups in total. The van der Waals surface area contributed by atoms with Gasteiger partial charge in [-0.05, 0) is 37.5 Å². The van der Waals surface area contributed by atoms with Gasteiger partial charge in [0.05, 0.1) is 5.41 Å². The Morgan fingerprint density at radius 3 is 2.50 bits per heavy atom. The first-order valence-corrected chi connectivity index (χ1v) is 8.07. The van der Waals surface area contributed by atoms with Crippen molar-refractivity contribution in [3.8, 4) is 0 Å². The van der Waals surface area contributed by atoms with Crippen LogP contribution in [0.25, 0.3) is 0 Å².